The zero-order valence-electron chi connectivity index (χ0n) is 11.8. The van der Waals surface area contributed by atoms with Gasteiger partial charge in [-0.1, -0.05) is 12.1 Å². The second kappa shape index (κ2) is 5.06. The van der Waals surface area contributed by atoms with Crippen LogP contribution < -0.4 is 11.1 Å². The number of amides is 1. The van der Waals surface area contributed by atoms with Crippen molar-refractivity contribution in [3.63, 3.8) is 0 Å². The lowest BCUT2D eigenvalue weighted by molar-refractivity contribution is -0.141. The molecule has 0 saturated heterocycles. The van der Waals surface area contributed by atoms with Crippen LogP contribution in [0.25, 0.3) is 0 Å². The van der Waals surface area contributed by atoms with Gasteiger partial charge in [0.15, 0.2) is 0 Å². The number of carboxylic acids is 1. The van der Waals surface area contributed by atoms with Gasteiger partial charge in [-0.15, -0.1) is 0 Å². The molecule has 2 atom stereocenters. The van der Waals surface area contributed by atoms with E-state index in [0.717, 1.165) is 24.8 Å². The van der Waals surface area contributed by atoms with Gasteiger partial charge >= 0.3 is 5.97 Å². The Bertz CT molecular complexity index is 563. The summed E-state index contributed by atoms with van der Waals surface area (Å²) in [6.45, 7) is 0. The summed E-state index contributed by atoms with van der Waals surface area (Å²) >= 11 is 0. The van der Waals surface area contributed by atoms with Crippen molar-refractivity contribution in [3.8, 4) is 0 Å². The van der Waals surface area contributed by atoms with Crippen molar-refractivity contribution in [2.24, 2.45) is 5.92 Å². The number of carbonyl (C=O) groups excluding carboxylic acids is 1. The van der Waals surface area contributed by atoms with Crippen molar-refractivity contribution in [2.75, 3.05) is 5.73 Å². The molecule has 112 valence electrons. The smallest absolute Gasteiger partial charge is 0.306 e. The number of nitrogens with two attached hydrogens (primary N) is 1. The summed E-state index contributed by atoms with van der Waals surface area (Å²) in [6, 6.07) is 7.45. The molecule has 1 amide bonds. The fourth-order valence-electron chi connectivity index (χ4n) is 3.23. The third-order valence-corrected chi connectivity index (χ3v) is 4.76. The van der Waals surface area contributed by atoms with Crippen LogP contribution in [0.1, 0.15) is 37.7 Å². The molecule has 1 aromatic carbocycles. The number of benzene rings is 1. The monoisotopic (exact) mass is 288 g/mol. The van der Waals surface area contributed by atoms with Gasteiger partial charge in [0.2, 0.25) is 5.91 Å². The number of hydrogen-bond acceptors (Lipinski definition) is 3. The lowest BCUT2D eigenvalue weighted by atomic mass is 9.94. The Hall–Kier alpha value is -2.04. The third kappa shape index (κ3) is 2.60. The Morgan fingerprint density at radius 2 is 1.86 bits per heavy atom. The normalized spacial score (nSPS) is 26.3. The van der Waals surface area contributed by atoms with Gasteiger partial charge in [-0.05, 0) is 49.8 Å². The van der Waals surface area contributed by atoms with E-state index < -0.39 is 11.4 Å². The van der Waals surface area contributed by atoms with Crippen molar-refractivity contribution < 1.29 is 14.7 Å². The summed E-state index contributed by atoms with van der Waals surface area (Å²) < 4.78 is 0. The number of carboxylic acid groups (broad SMARTS) is 1. The Morgan fingerprint density at radius 3 is 2.38 bits per heavy atom. The first-order valence-corrected chi connectivity index (χ1v) is 7.41. The molecule has 1 aromatic rings. The number of carbonyl (C=O) groups is 2. The highest BCUT2D eigenvalue weighted by Crippen LogP contribution is 2.48. The zero-order valence-corrected chi connectivity index (χ0v) is 11.8. The molecule has 5 nitrogen and oxygen atoms in total. The lowest BCUT2D eigenvalue weighted by Gasteiger charge is -2.19. The lowest BCUT2D eigenvalue weighted by Crippen LogP contribution is -2.40. The molecule has 0 heterocycles. The summed E-state index contributed by atoms with van der Waals surface area (Å²) in [5.41, 5.74) is 6.96. The molecule has 21 heavy (non-hydrogen) atoms. The van der Waals surface area contributed by atoms with E-state index in [0.29, 0.717) is 18.5 Å². The number of anilines is 1. The van der Waals surface area contributed by atoms with E-state index in [-0.39, 0.29) is 17.9 Å². The van der Waals surface area contributed by atoms with Gasteiger partial charge in [-0.3, -0.25) is 9.59 Å². The first kappa shape index (κ1) is 13.9. The molecule has 3 rings (SSSR count). The van der Waals surface area contributed by atoms with Gasteiger partial charge in [0, 0.05) is 11.7 Å². The fourth-order valence-corrected chi connectivity index (χ4v) is 3.23. The van der Waals surface area contributed by atoms with Crippen LogP contribution >= 0.6 is 0 Å². The molecule has 2 aliphatic rings. The maximum atomic E-state index is 12.6. The molecule has 2 fully saturated rings. The number of rotatable bonds is 4. The number of hydrogen-bond donors (Lipinski definition) is 3. The standard InChI is InChI=1S/C16H20N2O3/c17-12-4-2-11(3-5-12)16(7-8-16)15(21)18-13-6-1-10(9-13)14(19)20/h2-5,10,13H,1,6-9,17H2,(H,18,21)(H,19,20). The minimum Gasteiger partial charge on any atom is -0.481 e. The van der Waals surface area contributed by atoms with Crippen LogP contribution in [0.2, 0.25) is 0 Å². The van der Waals surface area contributed by atoms with Crippen molar-refractivity contribution >= 4 is 17.6 Å². The summed E-state index contributed by atoms with van der Waals surface area (Å²) in [5, 5.41) is 12.1. The molecule has 0 spiro atoms. The van der Waals surface area contributed by atoms with E-state index >= 15 is 0 Å². The number of nitrogen functional groups attached to an aromatic ring is 1. The highest BCUT2D eigenvalue weighted by Gasteiger charge is 2.51. The molecule has 0 aliphatic heterocycles. The van der Waals surface area contributed by atoms with Crippen LogP contribution in [0, 0.1) is 5.92 Å². The number of aliphatic carboxylic acids is 1. The first-order valence-electron chi connectivity index (χ1n) is 7.41. The Balaban J connectivity index is 1.66. The van der Waals surface area contributed by atoms with Crippen molar-refractivity contribution in [1.29, 1.82) is 0 Å². The average Bonchev–Trinajstić information content (AvgIpc) is 3.13. The first-order chi connectivity index (χ1) is 10.0. The maximum Gasteiger partial charge on any atom is 0.306 e. The molecule has 2 aliphatic carbocycles. The van der Waals surface area contributed by atoms with Gasteiger partial charge in [0.25, 0.3) is 0 Å². The van der Waals surface area contributed by atoms with Crippen LogP contribution in [-0.2, 0) is 15.0 Å². The van der Waals surface area contributed by atoms with Gasteiger partial charge in [-0.2, -0.15) is 0 Å². The minimum atomic E-state index is -0.758. The Morgan fingerprint density at radius 1 is 1.19 bits per heavy atom. The predicted octanol–water partition coefficient (Wildman–Crippen LogP) is 1.67. The fraction of sp³-hybridized carbons (Fsp3) is 0.500. The summed E-state index contributed by atoms with van der Waals surface area (Å²) in [4.78, 5) is 23.5. The SMILES string of the molecule is Nc1ccc(C2(C(=O)NC3CCC(C(=O)O)C3)CC2)cc1. The van der Waals surface area contributed by atoms with Crippen LogP contribution in [-0.4, -0.2) is 23.0 Å². The molecular weight excluding hydrogens is 268 g/mol. The predicted molar refractivity (Wildman–Crippen MR) is 78.7 cm³/mol. The van der Waals surface area contributed by atoms with Crippen LogP contribution in [0.3, 0.4) is 0 Å². The molecular formula is C16H20N2O3. The van der Waals surface area contributed by atoms with Crippen molar-refractivity contribution in [3.05, 3.63) is 29.8 Å². The third-order valence-electron chi connectivity index (χ3n) is 4.76. The van der Waals surface area contributed by atoms with Crippen molar-refractivity contribution in [2.45, 2.75) is 43.6 Å². The van der Waals surface area contributed by atoms with E-state index in [1.807, 2.05) is 24.3 Å². The minimum absolute atomic E-state index is 0.00939. The van der Waals surface area contributed by atoms with E-state index in [1.54, 1.807) is 0 Å². The highest BCUT2D eigenvalue weighted by atomic mass is 16.4. The Kier molecular flexibility index (Phi) is 3.35. The summed E-state index contributed by atoms with van der Waals surface area (Å²) in [6.07, 6.45) is 3.63. The topological polar surface area (TPSA) is 92.4 Å². The highest BCUT2D eigenvalue weighted by molar-refractivity contribution is 5.91. The van der Waals surface area contributed by atoms with Gasteiger partial charge in [0.1, 0.15) is 0 Å². The zero-order chi connectivity index (χ0) is 15.0. The molecule has 0 radical (unpaired) electrons. The van der Waals surface area contributed by atoms with Crippen LogP contribution in [0.4, 0.5) is 5.69 Å². The second-order valence-electron chi connectivity index (χ2n) is 6.22. The van der Waals surface area contributed by atoms with Crippen molar-refractivity contribution in [1.82, 2.24) is 5.32 Å². The van der Waals surface area contributed by atoms with E-state index in [4.69, 9.17) is 10.8 Å². The van der Waals surface area contributed by atoms with Crippen LogP contribution in [0.5, 0.6) is 0 Å². The maximum absolute atomic E-state index is 12.6. The number of nitrogens with one attached hydrogen (secondary N) is 1. The summed E-state index contributed by atoms with van der Waals surface area (Å²) in [7, 11) is 0. The molecule has 0 aromatic heterocycles. The molecule has 2 unspecified atom stereocenters. The van der Waals surface area contributed by atoms with E-state index in [2.05, 4.69) is 5.32 Å². The quantitative estimate of drug-likeness (QED) is 0.735. The molecule has 2 saturated carbocycles. The average molecular weight is 288 g/mol. The van der Waals surface area contributed by atoms with E-state index in [9.17, 15) is 9.59 Å². The second-order valence-corrected chi connectivity index (χ2v) is 6.22. The van der Waals surface area contributed by atoms with E-state index in [1.165, 1.54) is 0 Å². The van der Waals surface area contributed by atoms with Gasteiger partial charge in [-0.25, -0.2) is 0 Å². The molecule has 0 bridgehead atoms. The van der Waals surface area contributed by atoms with Gasteiger partial charge in [0.05, 0.1) is 11.3 Å². The summed E-state index contributed by atoms with van der Waals surface area (Å²) in [5.74, 6) is -1.04. The Labute approximate surface area is 123 Å². The van der Waals surface area contributed by atoms with Gasteiger partial charge < -0.3 is 16.2 Å². The molecule has 5 heteroatoms. The largest absolute Gasteiger partial charge is 0.481 e. The van der Waals surface area contributed by atoms with Crippen LogP contribution in [0.15, 0.2) is 24.3 Å². The molecule has 4 N–H and O–H groups in total.